The molecule has 196 valence electrons. The molecule has 8 heteroatoms. The van der Waals surface area contributed by atoms with Crippen LogP contribution in [0.15, 0.2) is 42.5 Å². The van der Waals surface area contributed by atoms with E-state index >= 15 is 0 Å². The number of aryl methyl sites for hydroxylation is 1. The third-order valence-corrected chi connectivity index (χ3v) is 8.34. The van der Waals surface area contributed by atoms with Crippen LogP contribution in [0.1, 0.15) is 53.3 Å². The van der Waals surface area contributed by atoms with Crippen molar-refractivity contribution < 1.29 is 19.4 Å². The van der Waals surface area contributed by atoms with Gasteiger partial charge in [-0.2, -0.15) is 0 Å². The van der Waals surface area contributed by atoms with Crippen LogP contribution >= 0.6 is 11.6 Å². The summed E-state index contributed by atoms with van der Waals surface area (Å²) in [6, 6.07) is 13.2. The lowest BCUT2D eigenvalue weighted by Crippen LogP contribution is -2.38. The van der Waals surface area contributed by atoms with Crippen LogP contribution in [-0.2, 0) is 7.05 Å². The molecule has 4 aromatic rings. The van der Waals surface area contributed by atoms with Crippen molar-refractivity contribution in [1.29, 1.82) is 0 Å². The number of aromatic nitrogens is 1. The molecule has 1 atom stereocenters. The summed E-state index contributed by atoms with van der Waals surface area (Å²) in [7, 11) is 1.90. The number of nitrogens with zero attached hydrogens (tertiary/aromatic N) is 2. The van der Waals surface area contributed by atoms with Crippen molar-refractivity contribution in [3.05, 3.63) is 58.6 Å². The van der Waals surface area contributed by atoms with E-state index in [9.17, 15) is 14.7 Å². The minimum atomic E-state index is -0.455. The summed E-state index contributed by atoms with van der Waals surface area (Å²) in [5.74, 6) is -0.502. The number of rotatable bonds is 6. The second kappa shape index (κ2) is 9.64. The fourth-order valence-electron chi connectivity index (χ4n) is 6.01. The number of amides is 2. The Hall–Kier alpha value is -3.55. The summed E-state index contributed by atoms with van der Waals surface area (Å²) < 4.78 is 7.98. The van der Waals surface area contributed by atoms with Gasteiger partial charge < -0.3 is 19.3 Å². The molecular formula is C30H30ClN3O4. The Morgan fingerprint density at radius 2 is 1.84 bits per heavy atom. The Kier molecular flexibility index (Phi) is 6.28. The molecule has 1 aromatic heterocycles. The molecule has 0 spiro atoms. The van der Waals surface area contributed by atoms with Gasteiger partial charge in [0, 0.05) is 47.1 Å². The molecule has 1 saturated heterocycles. The number of hydrogen-bond donors (Lipinski definition) is 2. The summed E-state index contributed by atoms with van der Waals surface area (Å²) in [6.45, 7) is 4.87. The molecule has 0 radical (unpaired) electrons. The van der Waals surface area contributed by atoms with Crippen molar-refractivity contribution in [3.8, 4) is 22.6 Å². The first-order valence-electron chi connectivity index (χ1n) is 13.1. The lowest BCUT2D eigenvalue weighted by Gasteiger charge is -2.33. The van der Waals surface area contributed by atoms with E-state index in [1.165, 1.54) is 19.3 Å². The molecule has 1 fully saturated rings. The summed E-state index contributed by atoms with van der Waals surface area (Å²) in [6.07, 6.45) is 4.65. The molecule has 7 nitrogen and oxygen atoms in total. The maximum atomic E-state index is 13.0. The first-order valence-corrected chi connectivity index (χ1v) is 13.5. The predicted octanol–water partition coefficient (Wildman–Crippen LogP) is 5.88. The van der Waals surface area contributed by atoms with Gasteiger partial charge in [-0.1, -0.05) is 36.2 Å². The first-order chi connectivity index (χ1) is 18.3. The SMILES string of the molecule is CC1CCCCN1CCCOc1cc2c(cc1O)c1c3c(c(-c4ccccc4Cl)cc1n2C)C(=O)NC3=O. The van der Waals surface area contributed by atoms with Crippen LogP contribution in [0.5, 0.6) is 11.5 Å². The van der Waals surface area contributed by atoms with Gasteiger partial charge in [-0.3, -0.25) is 14.9 Å². The van der Waals surface area contributed by atoms with Gasteiger partial charge in [0.2, 0.25) is 0 Å². The molecule has 0 aliphatic carbocycles. The molecule has 6 rings (SSSR count). The predicted molar refractivity (Wildman–Crippen MR) is 149 cm³/mol. The third-order valence-electron chi connectivity index (χ3n) is 8.01. The lowest BCUT2D eigenvalue weighted by atomic mass is 9.93. The number of benzene rings is 3. The zero-order chi connectivity index (χ0) is 26.6. The number of phenolic OH excluding ortho intramolecular Hbond substituents is 1. The number of carbonyl (C=O) groups excluding carboxylic acids is 2. The van der Waals surface area contributed by atoms with Crippen molar-refractivity contribution in [2.24, 2.45) is 7.05 Å². The van der Waals surface area contributed by atoms with Gasteiger partial charge in [0.05, 0.1) is 28.8 Å². The minimum Gasteiger partial charge on any atom is -0.504 e. The highest BCUT2D eigenvalue weighted by molar-refractivity contribution is 6.36. The van der Waals surface area contributed by atoms with Crippen molar-refractivity contribution >= 4 is 45.2 Å². The van der Waals surface area contributed by atoms with Gasteiger partial charge >= 0.3 is 0 Å². The van der Waals surface area contributed by atoms with E-state index in [-0.39, 0.29) is 5.75 Å². The number of nitrogens with one attached hydrogen (secondary N) is 1. The van der Waals surface area contributed by atoms with E-state index in [4.69, 9.17) is 16.3 Å². The van der Waals surface area contributed by atoms with Gasteiger partial charge in [-0.15, -0.1) is 0 Å². The van der Waals surface area contributed by atoms with Crippen LogP contribution in [0.2, 0.25) is 5.02 Å². The van der Waals surface area contributed by atoms with Crippen molar-refractivity contribution in [3.63, 3.8) is 0 Å². The van der Waals surface area contributed by atoms with Crippen LogP contribution in [-0.4, -0.2) is 52.1 Å². The number of aromatic hydroxyl groups is 1. The van der Waals surface area contributed by atoms with Gasteiger partial charge in [0.25, 0.3) is 11.8 Å². The van der Waals surface area contributed by atoms with Crippen molar-refractivity contribution in [2.75, 3.05) is 19.7 Å². The average molecular weight is 532 g/mol. The molecule has 0 saturated carbocycles. The second-order valence-electron chi connectivity index (χ2n) is 10.3. The highest BCUT2D eigenvalue weighted by Gasteiger charge is 2.35. The molecule has 38 heavy (non-hydrogen) atoms. The zero-order valence-electron chi connectivity index (χ0n) is 21.5. The third kappa shape index (κ3) is 4.01. The summed E-state index contributed by atoms with van der Waals surface area (Å²) >= 11 is 6.50. The van der Waals surface area contributed by atoms with Crippen LogP contribution in [0.25, 0.3) is 32.9 Å². The quantitative estimate of drug-likeness (QED) is 0.239. The maximum absolute atomic E-state index is 13.0. The number of halogens is 1. The molecular weight excluding hydrogens is 502 g/mol. The Labute approximate surface area is 225 Å². The number of phenols is 1. The highest BCUT2D eigenvalue weighted by atomic mass is 35.5. The number of carbonyl (C=O) groups is 2. The number of fused-ring (bicyclic) bond motifs is 5. The number of likely N-dealkylation sites (tertiary alicyclic amines) is 1. The zero-order valence-corrected chi connectivity index (χ0v) is 22.3. The van der Waals surface area contributed by atoms with Gasteiger partial charge in [0.1, 0.15) is 0 Å². The largest absolute Gasteiger partial charge is 0.504 e. The molecule has 3 aromatic carbocycles. The maximum Gasteiger partial charge on any atom is 0.259 e. The van der Waals surface area contributed by atoms with E-state index in [0.29, 0.717) is 56.4 Å². The van der Waals surface area contributed by atoms with Crippen LogP contribution < -0.4 is 10.1 Å². The molecule has 0 bridgehead atoms. The topological polar surface area (TPSA) is 83.8 Å². The smallest absolute Gasteiger partial charge is 0.259 e. The first kappa shape index (κ1) is 24.8. The fraction of sp³-hybridized carbons (Fsp3) is 0.333. The molecule has 2 aliphatic rings. The Balaban J connectivity index is 1.40. The van der Waals surface area contributed by atoms with Crippen LogP contribution in [0.4, 0.5) is 0 Å². The van der Waals surface area contributed by atoms with E-state index in [1.54, 1.807) is 12.1 Å². The molecule has 2 aliphatic heterocycles. The summed E-state index contributed by atoms with van der Waals surface area (Å²) in [5.41, 5.74) is 3.43. The van der Waals surface area contributed by atoms with Crippen LogP contribution in [0, 0.1) is 0 Å². The number of piperidine rings is 1. The molecule has 2 N–H and O–H groups in total. The van der Waals surface area contributed by atoms with E-state index in [0.717, 1.165) is 30.5 Å². The fourth-order valence-corrected chi connectivity index (χ4v) is 6.25. The number of imide groups is 1. The minimum absolute atomic E-state index is 0.00463. The molecule has 3 heterocycles. The Morgan fingerprint density at radius 1 is 1.05 bits per heavy atom. The standard InChI is InChI=1S/C30H30ClN3O4/c1-17-8-5-6-11-34(17)12-7-13-38-25-16-22-20(15-24(25)35)26-23(33(22)2)14-19(18-9-3-4-10-21(18)31)27-28(26)30(37)32-29(27)36/h3-4,9-10,14-17,35H,5-8,11-13H2,1-2H3,(H,32,36,37). The van der Waals surface area contributed by atoms with E-state index < -0.39 is 11.8 Å². The van der Waals surface area contributed by atoms with E-state index in [2.05, 4.69) is 17.1 Å². The Morgan fingerprint density at radius 3 is 2.63 bits per heavy atom. The van der Waals surface area contributed by atoms with Crippen LogP contribution in [0.3, 0.4) is 0 Å². The monoisotopic (exact) mass is 531 g/mol. The van der Waals surface area contributed by atoms with Gasteiger partial charge in [-0.25, -0.2) is 0 Å². The molecule has 2 amide bonds. The second-order valence-corrected chi connectivity index (χ2v) is 10.7. The number of ether oxygens (including phenoxy) is 1. The number of hydrogen-bond acceptors (Lipinski definition) is 5. The van der Waals surface area contributed by atoms with Gasteiger partial charge in [0.15, 0.2) is 11.5 Å². The average Bonchev–Trinajstić information content (AvgIpc) is 3.35. The highest BCUT2D eigenvalue weighted by Crippen LogP contribution is 2.44. The van der Waals surface area contributed by atoms with Crippen molar-refractivity contribution in [2.45, 2.75) is 38.6 Å². The lowest BCUT2D eigenvalue weighted by molar-refractivity contribution is 0.0880. The summed E-state index contributed by atoms with van der Waals surface area (Å²) in [5, 5.41) is 15.1. The summed E-state index contributed by atoms with van der Waals surface area (Å²) in [4.78, 5) is 28.4. The normalized spacial score (nSPS) is 17.8. The Bertz CT molecular complexity index is 1610. The van der Waals surface area contributed by atoms with E-state index in [1.807, 2.05) is 41.9 Å². The van der Waals surface area contributed by atoms with Gasteiger partial charge in [-0.05, 0) is 56.5 Å². The molecule has 1 unspecified atom stereocenters. The van der Waals surface area contributed by atoms with Crippen molar-refractivity contribution in [1.82, 2.24) is 14.8 Å².